The molecule has 0 radical (unpaired) electrons. The molecule has 2 atom stereocenters. The number of hydrogen-bond acceptors (Lipinski definition) is 2. The van der Waals surface area contributed by atoms with Crippen LogP contribution in [-0.2, 0) is 9.59 Å². The van der Waals surface area contributed by atoms with Gasteiger partial charge in [-0.3, -0.25) is 20.4 Å². The minimum absolute atomic E-state index is 0.114. The second kappa shape index (κ2) is 12.0. The SMILES string of the molecule is CC(C)(C)C1=CC(CCC(=O)NNC(=O)CCC2=CC(C(C)(C)C)CC(C(C)(C)C)=C2)=CC(C(C)(C)C)C1. The number of allylic oxidation sites excluding steroid dienone is 8. The third-order valence-corrected chi connectivity index (χ3v) is 8.20. The quantitative estimate of drug-likeness (QED) is 0.342. The van der Waals surface area contributed by atoms with E-state index in [2.05, 4.69) is 118 Å². The van der Waals surface area contributed by atoms with Crippen molar-refractivity contribution >= 4 is 11.8 Å². The molecule has 4 nitrogen and oxygen atoms in total. The maximum absolute atomic E-state index is 12.6. The first-order valence-electron chi connectivity index (χ1n) is 14.6. The van der Waals surface area contributed by atoms with Crippen molar-refractivity contribution in [1.29, 1.82) is 0 Å². The zero-order valence-corrected chi connectivity index (χ0v) is 26.5. The lowest BCUT2D eigenvalue weighted by atomic mass is 9.69. The lowest BCUT2D eigenvalue weighted by molar-refractivity contribution is -0.128. The first-order chi connectivity index (χ1) is 17.2. The molecule has 4 heteroatoms. The van der Waals surface area contributed by atoms with Crippen LogP contribution in [0.3, 0.4) is 0 Å². The average molecular weight is 525 g/mol. The van der Waals surface area contributed by atoms with E-state index in [1.54, 1.807) is 0 Å². The van der Waals surface area contributed by atoms with E-state index in [1.165, 1.54) is 22.3 Å². The van der Waals surface area contributed by atoms with Gasteiger partial charge in [0.1, 0.15) is 0 Å². The monoisotopic (exact) mass is 524 g/mol. The van der Waals surface area contributed by atoms with Gasteiger partial charge in [0.15, 0.2) is 0 Å². The molecule has 0 aromatic heterocycles. The minimum atomic E-state index is -0.151. The van der Waals surface area contributed by atoms with Gasteiger partial charge in [0.05, 0.1) is 0 Å². The van der Waals surface area contributed by atoms with Crippen molar-refractivity contribution in [3.63, 3.8) is 0 Å². The Bertz CT molecular complexity index is 913. The van der Waals surface area contributed by atoms with Crippen LogP contribution < -0.4 is 10.9 Å². The normalized spacial score (nSPS) is 21.2. The molecule has 0 bridgehead atoms. The Balaban J connectivity index is 1.91. The Hall–Kier alpha value is -2.10. The summed E-state index contributed by atoms with van der Waals surface area (Å²) >= 11 is 0. The Labute approximate surface area is 233 Å². The van der Waals surface area contributed by atoms with Crippen LogP contribution in [0, 0.1) is 33.5 Å². The molecule has 0 heterocycles. The number of hydrogen-bond donors (Lipinski definition) is 2. The molecular formula is C34H56N2O2. The molecule has 0 spiro atoms. The highest BCUT2D eigenvalue weighted by Crippen LogP contribution is 2.44. The standard InChI is InChI=1S/C34H56N2O2/c1-31(2,3)25-17-23(18-26(21-25)32(4,5)6)13-15-29(37)35-36-30(38)16-14-24-19-27(33(7,8)9)22-28(20-24)34(10,11)12/h17-20,25,27H,13-16,21-22H2,1-12H3,(H,35,37)(H,36,38). The molecule has 2 aliphatic rings. The molecule has 2 rings (SSSR count). The fourth-order valence-electron chi connectivity index (χ4n) is 5.02. The highest BCUT2D eigenvalue weighted by atomic mass is 16.2. The molecule has 2 N–H and O–H groups in total. The summed E-state index contributed by atoms with van der Waals surface area (Å²) < 4.78 is 0. The summed E-state index contributed by atoms with van der Waals surface area (Å²) in [5.41, 5.74) is 11.2. The molecule has 2 amide bonds. The fraction of sp³-hybridized carbons (Fsp3) is 0.706. The van der Waals surface area contributed by atoms with E-state index in [9.17, 15) is 9.59 Å². The van der Waals surface area contributed by atoms with E-state index < -0.39 is 0 Å². The van der Waals surface area contributed by atoms with Crippen LogP contribution in [0.15, 0.2) is 46.6 Å². The van der Waals surface area contributed by atoms with Crippen molar-refractivity contribution in [2.24, 2.45) is 33.5 Å². The van der Waals surface area contributed by atoms with E-state index in [1.807, 2.05) is 0 Å². The van der Waals surface area contributed by atoms with E-state index in [0.29, 0.717) is 37.5 Å². The van der Waals surface area contributed by atoms with Crippen LogP contribution >= 0.6 is 0 Å². The first-order valence-corrected chi connectivity index (χ1v) is 14.6. The Morgan fingerprint density at radius 2 is 0.947 bits per heavy atom. The van der Waals surface area contributed by atoms with E-state index in [0.717, 1.165) is 12.8 Å². The lowest BCUT2D eigenvalue weighted by Crippen LogP contribution is -2.41. The van der Waals surface area contributed by atoms with Gasteiger partial charge in [-0.15, -0.1) is 0 Å². The Morgan fingerprint density at radius 3 is 1.21 bits per heavy atom. The largest absolute Gasteiger partial charge is 0.273 e. The second-order valence-corrected chi connectivity index (χ2v) is 15.8. The number of carbonyl (C=O) groups excluding carboxylic acids is 2. The molecule has 0 aromatic carbocycles. The zero-order valence-electron chi connectivity index (χ0n) is 26.5. The summed E-state index contributed by atoms with van der Waals surface area (Å²) in [4.78, 5) is 25.1. The van der Waals surface area contributed by atoms with Gasteiger partial charge in [-0.1, -0.05) is 130 Å². The predicted molar refractivity (Wildman–Crippen MR) is 161 cm³/mol. The highest BCUT2D eigenvalue weighted by Gasteiger charge is 2.31. The second-order valence-electron chi connectivity index (χ2n) is 15.8. The van der Waals surface area contributed by atoms with Gasteiger partial charge >= 0.3 is 0 Å². The van der Waals surface area contributed by atoms with Gasteiger partial charge in [-0.2, -0.15) is 0 Å². The van der Waals surface area contributed by atoms with Crippen molar-refractivity contribution in [2.45, 2.75) is 122 Å². The van der Waals surface area contributed by atoms with Crippen molar-refractivity contribution in [2.75, 3.05) is 0 Å². The third kappa shape index (κ3) is 9.89. The van der Waals surface area contributed by atoms with Crippen LogP contribution in [0.1, 0.15) is 122 Å². The molecule has 0 aromatic rings. The summed E-state index contributed by atoms with van der Waals surface area (Å²) in [6.07, 6.45) is 13.5. The summed E-state index contributed by atoms with van der Waals surface area (Å²) in [7, 11) is 0. The lowest BCUT2D eigenvalue weighted by Gasteiger charge is -2.36. The molecule has 2 aliphatic carbocycles. The summed E-state index contributed by atoms with van der Waals surface area (Å²) in [5, 5.41) is 0. The van der Waals surface area contributed by atoms with Gasteiger partial charge in [0.25, 0.3) is 0 Å². The highest BCUT2D eigenvalue weighted by molar-refractivity contribution is 5.82. The van der Waals surface area contributed by atoms with Gasteiger partial charge < -0.3 is 0 Å². The van der Waals surface area contributed by atoms with Gasteiger partial charge in [-0.25, -0.2) is 0 Å². The maximum Gasteiger partial charge on any atom is 0.238 e. The van der Waals surface area contributed by atoms with E-state index >= 15 is 0 Å². The molecule has 0 saturated carbocycles. The van der Waals surface area contributed by atoms with Gasteiger partial charge in [0.2, 0.25) is 11.8 Å². The number of rotatable bonds is 6. The summed E-state index contributed by atoms with van der Waals surface area (Å²) in [5.74, 6) is 0.614. The Kier molecular flexibility index (Phi) is 10.1. The predicted octanol–water partition coefficient (Wildman–Crippen LogP) is 8.62. The van der Waals surface area contributed by atoms with Crippen molar-refractivity contribution in [3.05, 3.63) is 46.6 Å². The van der Waals surface area contributed by atoms with Crippen LogP contribution in [-0.4, -0.2) is 11.8 Å². The number of hydrazine groups is 1. The minimum Gasteiger partial charge on any atom is -0.273 e. The van der Waals surface area contributed by atoms with Gasteiger partial charge in [0, 0.05) is 12.8 Å². The van der Waals surface area contributed by atoms with E-state index in [4.69, 9.17) is 0 Å². The third-order valence-electron chi connectivity index (χ3n) is 8.20. The number of amides is 2. The first kappa shape index (κ1) is 32.1. The van der Waals surface area contributed by atoms with Crippen LogP contribution in [0.25, 0.3) is 0 Å². The average Bonchev–Trinajstić information content (AvgIpc) is 2.77. The number of carbonyl (C=O) groups is 2. The molecule has 0 fully saturated rings. The van der Waals surface area contributed by atoms with Crippen molar-refractivity contribution in [3.8, 4) is 0 Å². The van der Waals surface area contributed by atoms with Crippen molar-refractivity contribution < 1.29 is 9.59 Å². The van der Waals surface area contributed by atoms with Crippen molar-refractivity contribution in [1.82, 2.24) is 10.9 Å². The molecular weight excluding hydrogens is 468 g/mol. The Morgan fingerprint density at radius 1 is 0.632 bits per heavy atom. The molecule has 38 heavy (non-hydrogen) atoms. The zero-order chi connectivity index (χ0) is 29.1. The topological polar surface area (TPSA) is 58.2 Å². The summed E-state index contributed by atoms with van der Waals surface area (Å²) in [6, 6.07) is 0. The smallest absolute Gasteiger partial charge is 0.238 e. The number of nitrogens with one attached hydrogen (secondary N) is 2. The maximum atomic E-state index is 12.6. The van der Waals surface area contributed by atoms with Gasteiger partial charge in [-0.05, 0) is 59.2 Å². The molecule has 0 saturated heterocycles. The molecule has 214 valence electrons. The molecule has 0 aliphatic heterocycles. The van der Waals surface area contributed by atoms with Crippen LogP contribution in [0.4, 0.5) is 0 Å². The van der Waals surface area contributed by atoms with Crippen LogP contribution in [0.5, 0.6) is 0 Å². The summed E-state index contributed by atoms with van der Waals surface area (Å²) in [6.45, 7) is 27.3. The molecule has 2 unspecified atom stereocenters. The van der Waals surface area contributed by atoms with Crippen LogP contribution in [0.2, 0.25) is 0 Å². The van der Waals surface area contributed by atoms with E-state index in [-0.39, 0.29) is 33.5 Å². The fourth-order valence-corrected chi connectivity index (χ4v) is 5.02.